The van der Waals surface area contributed by atoms with Crippen molar-refractivity contribution in [1.29, 1.82) is 0 Å². The van der Waals surface area contributed by atoms with Gasteiger partial charge in [-0.2, -0.15) is 0 Å². The maximum absolute atomic E-state index is 12.6. The first-order valence-electron chi connectivity index (χ1n) is 20.2. The molecular weight excluding hydrogens is 711 g/mol. The Labute approximate surface area is 345 Å². The van der Waals surface area contributed by atoms with Crippen LogP contribution >= 0.6 is 0 Å². The highest BCUT2D eigenvalue weighted by atomic mass is 32.2. The fourth-order valence-electron chi connectivity index (χ4n) is 3.85. The van der Waals surface area contributed by atoms with Crippen molar-refractivity contribution in [3.63, 3.8) is 0 Å². The number of pyridine rings is 1. The molecule has 6 heteroatoms. The number of hydrogen-bond donors (Lipinski definition) is 0. The molecular formula is C50H79NO4S. The van der Waals surface area contributed by atoms with Crippen LogP contribution in [0, 0.1) is 13.8 Å². The highest BCUT2D eigenvalue weighted by Gasteiger charge is 2.19. The molecule has 0 aliphatic carbocycles. The Balaban J connectivity index is -0.000000325. The highest BCUT2D eigenvalue weighted by Crippen LogP contribution is 2.27. The van der Waals surface area contributed by atoms with Crippen molar-refractivity contribution in [3.8, 4) is 11.5 Å². The van der Waals surface area contributed by atoms with Gasteiger partial charge in [-0.1, -0.05) is 162 Å². The van der Waals surface area contributed by atoms with Gasteiger partial charge in [0.2, 0.25) is 9.84 Å². The molecule has 1 heterocycles. The van der Waals surface area contributed by atoms with Gasteiger partial charge in [-0.25, -0.2) is 8.42 Å². The van der Waals surface area contributed by atoms with Crippen molar-refractivity contribution < 1.29 is 17.9 Å². The maximum Gasteiger partial charge on any atom is 0.206 e. The summed E-state index contributed by atoms with van der Waals surface area (Å²) in [6, 6.07) is 39.5. The summed E-state index contributed by atoms with van der Waals surface area (Å²) in [5.41, 5.74) is 3.41. The smallest absolute Gasteiger partial charge is 0.206 e. The van der Waals surface area contributed by atoms with E-state index in [9.17, 15) is 8.42 Å². The highest BCUT2D eigenvalue weighted by molar-refractivity contribution is 7.91. The van der Waals surface area contributed by atoms with Gasteiger partial charge in [0.25, 0.3) is 0 Å². The Morgan fingerprint density at radius 3 is 1.16 bits per heavy atom. The Hall–Kier alpha value is -4.42. The van der Waals surface area contributed by atoms with E-state index in [4.69, 9.17) is 9.47 Å². The minimum absolute atomic E-state index is 0.00239. The average Bonchev–Trinajstić information content (AvgIpc) is 3.22. The molecule has 1 aromatic heterocycles. The molecule has 0 aliphatic heterocycles. The number of aromatic nitrogens is 1. The number of aryl methyl sites for hydroxylation is 2. The molecule has 0 N–H and O–H groups in total. The van der Waals surface area contributed by atoms with E-state index in [1.54, 1.807) is 49.7 Å². The molecule has 0 fully saturated rings. The number of rotatable bonds is 4. The number of hydrogen-bond acceptors (Lipinski definition) is 5. The number of sulfone groups is 1. The van der Waals surface area contributed by atoms with Crippen LogP contribution in [-0.4, -0.2) is 26.1 Å². The second-order valence-corrected chi connectivity index (χ2v) is 14.6. The molecule has 0 spiro atoms. The number of nitrogens with zero attached hydrogens (tertiary/aromatic N) is 1. The Morgan fingerprint density at radius 1 is 0.482 bits per heavy atom. The van der Waals surface area contributed by atoms with Gasteiger partial charge in [-0.3, -0.25) is 4.98 Å². The third kappa shape index (κ3) is 28.1. The van der Waals surface area contributed by atoms with Crippen molar-refractivity contribution in [2.75, 3.05) is 7.11 Å². The third-order valence-electron chi connectivity index (χ3n) is 6.32. The normalized spacial score (nSPS) is 9.48. The summed E-state index contributed by atoms with van der Waals surface area (Å²) >= 11 is 0. The summed E-state index contributed by atoms with van der Waals surface area (Å²) in [7, 11) is -1.93. The minimum Gasteiger partial charge on any atom is -0.497 e. The van der Waals surface area contributed by atoms with Gasteiger partial charge in [0, 0.05) is 11.9 Å². The molecule has 0 saturated heterocycles. The zero-order chi connectivity index (χ0) is 44.2. The van der Waals surface area contributed by atoms with E-state index < -0.39 is 9.84 Å². The summed E-state index contributed by atoms with van der Waals surface area (Å²) < 4.78 is 35.8. The van der Waals surface area contributed by atoms with Gasteiger partial charge in [0.15, 0.2) is 0 Å². The summed E-state index contributed by atoms with van der Waals surface area (Å²) in [5, 5.41) is 0. The predicted molar refractivity (Wildman–Crippen MR) is 247 cm³/mol. The quantitative estimate of drug-likeness (QED) is 0.181. The molecule has 5 aromatic rings. The standard InChI is InChI=1S/C17H20O3S.C10H14O.C7H8.C6H7N.5C2H6/c1-17(2,3)13-5-9-15(10-6-13)21(18,19)16-11-7-14(20-4)8-12-16;1-10(2,3)11-9-7-5-4-6-8-9;1-7-5-3-2-4-6-7;1-6-4-2-3-5-7-6;5*1-2/h5-12H,1-4H3;4-8H,1-3H3;2-6H,1H3;2-5H,1H3;5*1-2H3. The summed E-state index contributed by atoms with van der Waals surface area (Å²) in [6.45, 7) is 36.5. The molecule has 0 bridgehead atoms. The van der Waals surface area contributed by atoms with Gasteiger partial charge in [0.1, 0.15) is 17.1 Å². The number of para-hydroxylation sites is 1. The van der Waals surface area contributed by atoms with Gasteiger partial charge in [-0.05, 0) is 106 Å². The Bertz CT molecular complexity index is 1600. The van der Waals surface area contributed by atoms with Crippen LogP contribution in [0.1, 0.15) is 128 Å². The Morgan fingerprint density at radius 2 is 0.875 bits per heavy atom. The molecule has 0 aliphatic rings. The topological polar surface area (TPSA) is 65.5 Å². The average molecular weight is 790 g/mol. The van der Waals surface area contributed by atoms with E-state index in [1.807, 2.05) is 176 Å². The van der Waals surface area contributed by atoms with E-state index in [0.29, 0.717) is 10.6 Å². The van der Waals surface area contributed by atoms with Crippen LogP contribution in [0.15, 0.2) is 143 Å². The summed E-state index contributed by atoms with van der Waals surface area (Å²) in [5.74, 6) is 1.57. The lowest BCUT2D eigenvalue weighted by atomic mass is 9.87. The van der Waals surface area contributed by atoms with Gasteiger partial charge in [-0.15, -0.1) is 0 Å². The van der Waals surface area contributed by atoms with E-state index in [-0.39, 0.29) is 15.9 Å². The van der Waals surface area contributed by atoms with E-state index >= 15 is 0 Å². The lowest BCUT2D eigenvalue weighted by molar-refractivity contribution is 0.131. The fraction of sp³-hybridized carbons (Fsp3) is 0.420. The molecule has 0 radical (unpaired) electrons. The molecule has 4 aromatic carbocycles. The van der Waals surface area contributed by atoms with Crippen molar-refractivity contribution in [1.82, 2.24) is 4.98 Å². The predicted octanol–water partition coefficient (Wildman–Crippen LogP) is 15.2. The minimum atomic E-state index is -3.48. The lowest BCUT2D eigenvalue weighted by Crippen LogP contribution is -2.22. The largest absolute Gasteiger partial charge is 0.497 e. The van der Waals surface area contributed by atoms with Crippen LogP contribution in [0.5, 0.6) is 11.5 Å². The number of benzene rings is 4. The number of methoxy groups -OCH3 is 1. The molecule has 0 saturated carbocycles. The molecule has 0 amide bonds. The molecule has 314 valence electrons. The van der Waals surface area contributed by atoms with Crippen LogP contribution in [0.25, 0.3) is 0 Å². The second-order valence-electron chi connectivity index (χ2n) is 12.6. The molecule has 5 nitrogen and oxygen atoms in total. The van der Waals surface area contributed by atoms with Crippen LogP contribution in [0.2, 0.25) is 0 Å². The van der Waals surface area contributed by atoms with Gasteiger partial charge in [0.05, 0.1) is 16.9 Å². The zero-order valence-corrected chi connectivity index (χ0v) is 39.5. The van der Waals surface area contributed by atoms with E-state index in [0.717, 1.165) is 17.0 Å². The van der Waals surface area contributed by atoms with Crippen LogP contribution < -0.4 is 9.47 Å². The van der Waals surface area contributed by atoms with Crippen molar-refractivity contribution in [2.24, 2.45) is 0 Å². The molecule has 0 atom stereocenters. The van der Waals surface area contributed by atoms with Gasteiger partial charge >= 0.3 is 0 Å². The van der Waals surface area contributed by atoms with Gasteiger partial charge < -0.3 is 9.47 Å². The third-order valence-corrected chi connectivity index (χ3v) is 8.11. The van der Waals surface area contributed by atoms with Crippen molar-refractivity contribution in [3.05, 3.63) is 150 Å². The van der Waals surface area contributed by atoms with Crippen LogP contribution in [0.3, 0.4) is 0 Å². The maximum atomic E-state index is 12.6. The van der Waals surface area contributed by atoms with Crippen molar-refractivity contribution >= 4 is 9.84 Å². The zero-order valence-electron chi connectivity index (χ0n) is 38.7. The van der Waals surface area contributed by atoms with E-state index in [2.05, 4.69) is 44.8 Å². The molecule has 5 rings (SSSR count). The Kier molecular flexibility index (Phi) is 36.5. The molecule has 56 heavy (non-hydrogen) atoms. The van der Waals surface area contributed by atoms with Crippen LogP contribution in [0.4, 0.5) is 0 Å². The first kappa shape index (κ1) is 58.3. The summed E-state index contributed by atoms with van der Waals surface area (Å²) in [4.78, 5) is 4.56. The lowest BCUT2D eigenvalue weighted by Gasteiger charge is -2.20. The first-order valence-corrected chi connectivity index (χ1v) is 21.7. The van der Waals surface area contributed by atoms with E-state index in [1.165, 1.54) is 5.56 Å². The first-order chi connectivity index (χ1) is 26.6. The monoisotopic (exact) mass is 790 g/mol. The fourth-order valence-corrected chi connectivity index (χ4v) is 5.11. The summed E-state index contributed by atoms with van der Waals surface area (Å²) in [6.07, 6.45) is 1.79. The van der Waals surface area contributed by atoms with Crippen LogP contribution in [-0.2, 0) is 15.3 Å². The number of ether oxygens (including phenoxy) is 2. The van der Waals surface area contributed by atoms with Crippen molar-refractivity contribution in [2.45, 2.75) is 145 Å². The SMILES string of the molecule is CC.CC.CC.CC.CC.CC(C)(C)Oc1ccccc1.COc1ccc(S(=O)(=O)c2ccc(C(C)(C)C)cc2)cc1.Cc1ccccc1.Cc1ccccn1. The molecule has 0 unspecified atom stereocenters. The second kappa shape index (κ2) is 35.0.